The molecule has 0 aromatic heterocycles. The van der Waals surface area contributed by atoms with Crippen molar-refractivity contribution in [3.05, 3.63) is 11.8 Å². The monoisotopic (exact) mass is 366 g/mol. The van der Waals surface area contributed by atoms with Gasteiger partial charge in [-0.05, 0) is 41.5 Å². The molecule has 3 nitrogen and oxygen atoms in total. The van der Waals surface area contributed by atoms with Gasteiger partial charge in [-0.3, -0.25) is 0 Å². The molecule has 1 saturated carbocycles. The molecular weight excluding hydrogens is 328 g/mol. The third-order valence-corrected chi connectivity index (χ3v) is 13.4. The standard InChI is InChI=1S/C21H38O3Si/c1-15(2)25(16(3)4,17(5)6)24-19-9-8-18-14-21(22-12-13-23-21)11-10-20(18,19)7/h9,15-18H,8,10-14H2,1-7H3/t18-,20-/m0/s1. The van der Waals surface area contributed by atoms with Crippen LogP contribution in [0.25, 0.3) is 0 Å². The number of fused-ring (bicyclic) bond motifs is 1. The van der Waals surface area contributed by atoms with E-state index in [-0.39, 0.29) is 11.2 Å². The Labute approximate surface area is 155 Å². The predicted octanol–water partition coefficient (Wildman–Crippen LogP) is 6.02. The highest BCUT2D eigenvalue weighted by atomic mass is 28.4. The summed E-state index contributed by atoms with van der Waals surface area (Å²) in [6.07, 6.45) is 6.65. The molecule has 0 unspecified atom stereocenters. The van der Waals surface area contributed by atoms with Crippen molar-refractivity contribution in [2.75, 3.05) is 13.2 Å². The smallest absolute Gasteiger partial charge is 0.258 e. The second-order valence-corrected chi connectivity index (χ2v) is 15.0. The van der Waals surface area contributed by atoms with Gasteiger partial charge >= 0.3 is 0 Å². The molecule has 3 rings (SSSR count). The first-order valence-electron chi connectivity index (χ1n) is 10.3. The van der Waals surface area contributed by atoms with E-state index in [0.717, 1.165) is 38.9 Å². The van der Waals surface area contributed by atoms with Gasteiger partial charge in [0, 0.05) is 18.3 Å². The summed E-state index contributed by atoms with van der Waals surface area (Å²) >= 11 is 0. The minimum Gasteiger partial charge on any atom is -0.546 e. The quantitative estimate of drug-likeness (QED) is 0.557. The van der Waals surface area contributed by atoms with Gasteiger partial charge in [-0.15, -0.1) is 0 Å². The Morgan fingerprint density at radius 2 is 1.56 bits per heavy atom. The van der Waals surface area contributed by atoms with E-state index in [1.165, 1.54) is 5.76 Å². The Balaban J connectivity index is 1.82. The first-order chi connectivity index (χ1) is 11.7. The van der Waals surface area contributed by atoms with Crippen LogP contribution in [0.15, 0.2) is 11.8 Å². The molecule has 0 aromatic rings. The molecule has 2 aliphatic carbocycles. The molecule has 0 amide bonds. The van der Waals surface area contributed by atoms with Crippen molar-refractivity contribution in [3.8, 4) is 0 Å². The fraction of sp³-hybridized carbons (Fsp3) is 0.905. The van der Waals surface area contributed by atoms with Crippen LogP contribution >= 0.6 is 0 Å². The van der Waals surface area contributed by atoms with Crippen LogP contribution in [0.4, 0.5) is 0 Å². The Bertz CT molecular complexity index is 497. The lowest BCUT2D eigenvalue weighted by molar-refractivity contribution is -0.201. The molecule has 25 heavy (non-hydrogen) atoms. The average molecular weight is 367 g/mol. The van der Waals surface area contributed by atoms with Crippen LogP contribution in [0.5, 0.6) is 0 Å². The van der Waals surface area contributed by atoms with E-state index >= 15 is 0 Å². The Morgan fingerprint density at radius 1 is 1.00 bits per heavy atom. The van der Waals surface area contributed by atoms with E-state index in [1.54, 1.807) is 0 Å². The molecule has 2 fully saturated rings. The minimum absolute atomic E-state index is 0.164. The second-order valence-electron chi connectivity index (χ2n) is 9.65. The summed E-state index contributed by atoms with van der Waals surface area (Å²) in [6, 6.07) is 0. The molecule has 1 spiro atoms. The van der Waals surface area contributed by atoms with Gasteiger partial charge in [-0.1, -0.05) is 48.5 Å². The van der Waals surface area contributed by atoms with Gasteiger partial charge in [0.15, 0.2) is 5.79 Å². The van der Waals surface area contributed by atoms with Crippen LogP contribution < -0.4 is 0 Å². The van der Waals surface area contributed by atoms with Gasteiger partial charge in [0.25, 0.3) is 8.32 Å². The van der Waals surface area contributed by atoms with Crippen LogP contribution in [-0.2, 0) is 13.9 Å². The van der Waals surface area contributed by atoms with E-state index < -0.39 is 8.32 Å². The third-order valence-electron chi connectivity index (χ3n) is 7.44. The molecule has 0 aromatic carbocycles. The Morgan fingerprint density at radius 3 is 2.08 bits per heavy atom. The van der Waals surface area contributed by atoms with Crippen molar-refractivity contribution in [1.82, 2.24) is 0 Å². The van der Waals surface area contributed by atoms with Crippen molar-refractivity contribution in [2.24, 2.45) is 11.3 Å². The summed E-state index contributed by atoms with van der Waals surface area (Å²) in [5.74, 6) is 1.59. The van der Waals surface area contributed by atoms with E-state index in [1.807, 2.05) is 0 Å². The van der Waals surface area contributed by atoms with E-state index in [0.29, 0.717) is 22.5 Å². The molecule has 0 radical (unpaired) electrons. The molecule has 144 valence electrons. The zero-order valence-corrected chi connectivity index (χ0v) is 18.4. The molecule has 1 saturated heterocycles. The first-order valence-corrected chi connectivity index (χ1v) is 12.5. The van der Waals surface area contributed by atoms with Crippen molar-refractivity contribution in [2.45, 2.75) is 96.6 Å². The van der Waals surface area contributed by atoms with Crippen LogP contribution in [-0.4, -0.2) is 27.3 Å². The lowest BCUT2D eigenvalue weighted by Crippen LogP contribution is -2.50. The molecule has 0 N–H and O–H groups in total. The fourth-order valence-corrected chi connectivity index (χ4v) is 11.4. The predicted molar refractivity (Wildman–Crippen MR) is 105 cm³/mol. The topological polar surface area (TPSA) is 27.7 Å². The highest BCUT2D eigenvalue weighted by molar-refractivity contribution is 6.77. The molecule has 4 heteroatoms. The molecule has 1 heterocycles. The summed E-state index contributed by atoms with van der Waals surface area (Å²) in [5.41, 5.74) is 2.02. The molecule has 1 aliphatic heterocycles. The highest BCUT2D eigenvalue weighted by Gasteiger charge is 2.56. The van der Waals surface area contributed by atoms with E-state index in [2.05, 4.69) is 54.5 Å². The Kier molecular flexibility index (Phi) is 5.20. The van der Waals surface area contributed by atoms with Crippen LogP contribution in [0, 0.1) is 11.3 Å². The molecular formula is C21H38O3Si. The number of ether oxygens (including phenoxy) is 2. The average Bonchev–Trinajstić information content (AvgIpc) is 3.10. The third kappa shape index (κ3) is 3.02. The number of hydrogen-bond acceptors (Lipinski definition) is 3. The SMILES string of the molecule is CC(C)[Si](OC1=CC[C@H]2CC3(CC[C@]12C)OCCO3)(C(C)C)C(C)C. The van der Waals surface area contributed by atoms with Crippen molar-refractivity contribution in [1.29, 1.82) is 0 Å². The van der Waals surface area contributed by atoms with Gasteiger partial charge in [0.2, 0.25) is 0 Å². The lowest BCUT2D eigenvalue weighted by Gasteiger charge is -2.49. The largest absolute Gasteiger partial charge is 0.546 e. The van der Waals surface area contributed by atoms with Gasteiger partial charge in [-0.2, -0.15) is 0 Å². The molecule has 2 atom stereocenters. The summed E-state index contributed by atoms with van der Waals surface area (Å²) < 4.78 is 19.1. The first kappa shape index (κ1) is 19.4. The van der Waals surface area contributed by atoms with Gasteiger partial charge in [-0.25, -0.2) is 0 Å². The molecule has 0 bridgehead atoms. The minimum atomic E-state index is -1.89. The summed E-state index contributed by atoms with van der Waals surface area (Å²) in [4.78, 5) is 0. The lowest BCUT2D eigenvalue weighted by atomic mass is 9.67. The van der Waals surface area contributed by atoms with Crippen molar-refractivity contribution >= 4 is 8.32 Å². The second kappa shape index (κ2) is 6.69. The van der Waals surface area contributed by atoms with Crippen LogP contribution in [0.2, 0.25) is 16.6 Å². The van der Waals surface area contributed by atoms with Crippen molar-refractivity contribution in [3.63, 3.8) is 0 Å². The normalized spacial score (nSPS) is 31.9. The maximum Gasteiger partial charge on any atom is 0.258 e. The zero-order chi connectivity index (χ0) is 18.5. The highest BCUT2D eigenvalue weighted by Crippen LogP contribution is 2.58. The van der Waals surface area contributed by atoms with Crippen LogP contribution in [0.1, 0.15) is 74.1 Å². The summed E-state index contributed by atoms with van der Waals surface area (Å²) in [5, 5.41) is 0. The maximum absolute atomic E-state index is 7.13. The number of allylic oxidation sites excluding steroid dienone is 2. The number of rotatable bonds is 5. The van der Waals surface area contributed by atoms with Gasteiger partial charge in [0.05, 0.1) is 19.0 Å². The Hall–Kier alpha value is -0.323. The maximum atomic E-state index is 7.13. The van der Waals surface area contributed by atoms with Crippen molar-refractivity contribution < 1.29 is 13.9 Å². The zero-order valence-electron chi connectivity index (χ0n) is 17.4. The summed E-state index contributed by atoms with van der Waals surface area (Å²) in [7, 11) is -1.89. The number of hydrogen-bond donors (Lipinski definition) is 0. The fourth-order valence-electron chi connectivity index (χ4n) is 5.97. The van der Waals surface area contributed by atoms with E-state index in [4.69, 9.17) is 13.9 Å². The van der Waals surface area contributed by atoms with E-state index in [9.17, 15) is 0 Å². The van der Waals surface area contributed by atoms with Crippen LogP contribution in [0.3, 0.4) is 0 Å². The van der Waals surface area contributed by atoms with Gasteiger partial charge < -0.3 is 13.9 Å². The molecule has 3 aliphatic rings. The van der Waals surface area contributed by atoms with Gasteiger partial charge in [0.1, 0.15) is 0 Å². The summed E-state index contributed by atoms with van der Waals surface area (Å²) in [6.45, 7) is 18.2.